The molecule has 2 heterocycles. The second-order valence-corrected chi connectivity index (χ2v) is 8.35. The standard InChI is InChI=1S/C27H32N4O5/c1-33-22-7-5-6-19(16-22)27(32)29-21-9-11-24(28-17-21)31-14-12-30(13-15-31)18-20-8-10-23(34-2)26(36-4)25(20)35-3/h5-11,16-17H,12-15,18H2,1-4H3,(H,29,32). The Morgan fingerprint density at radius 2 is 1.67 bits per heavy atom. The molecule has 0 spiro atoms. The van der Waals surface area contributed by atoms with Crippen molar-refractivity contribution in [2.75, 3.05) is 64.8 Å². The van der Waals surface area contributed by atoms with Gasteiger partial charge in [-0.1, -0.05) is 12.1 Å². The summed E-state index contributed by atoms with van der Waals surface area (Å²) in [5.41, 5.74) is 2.23. The van der Waals surface area contributed by atoms with Crippen LogP contribution in [0.4, 0.5) is 11.5 Å². The number of methoxy groups -OCH3 is 4. The molecule has 1 aromatic heterocycles. The van der Waals surface area contributed by atoms with Crippen LogP contribution in [0.3, 0.4) is 0 Å². The average Bonchev–Trinajstić information content (AvgIpc) is 2.93. The van der Waals surface area contributed by atoms with E-state index in [9.17, 15) is 4.79 Å². The summed E-state index contributed by atoms with van der Waals surface area (Å²) < 4.78 is 21.7. The molecule has 190 valence electrons. The summed E-state index contributed by atoms with van der Waals surface area (Å²) in [7, 11) is 6.45. The molecule has 0 radical (unpaired) electrons. The second kappa shape index (κ2) is 11.6. The molecule has 9 heteroatoms. The maximum absolute atomic E-state index is 12.5. The van der Waals surface area contributed by atoms with Crippen molar-refractivity contribution in [3.8, 4) is 23.0 Å². The fourth-order valence-electron chi connectivity index (χ4n) is 4.28. The number of rotatable bonds is 9. The van der Waals surface area contributed by atoms with E-state index in [-0.39, 0.29) is 5.91 Å². The Morgan fingerprint density at radius 3 is 2.31 bits per heavy atom. The molecule has 0 saturated carbocycles. The van der Waals surface area contributed by atoms with E-state index in [1.165, 1.54) is 0 Å². The van der Waals surface area contributed by atoms with Gasteiger partial charge in [0.25, 0.3) is 5.91 Å². The van der Waals surface area contributed by atoms with Crippen molar-refractivity contribution in [1.82, 2.24) is 9.88 Å². The summed E-state index contributed by atoms with van der Waals surface area (Å²) in [6.45, 7) is 4.21. The van der Waals surface area contributed by atoms with Crippen LogP contribution in [-0.4, -0.2) is 70.4 Å². The molecule has 1 aliphatic heterocycles. The van der Waals surface area contributed by atoms with Crippen molar-refractivity contribution in [2.24, 2.45) is 0 Å². The van der Waals surface area contributed by atoms with Crippen molar-refractivity contribution in [3.63, 3.8) is 0 Å². The minimum absolute atomic E-state index is 0.206. The van der Waals surface area contributed by atoms with Crippen molar-refractivity contribution in [2.45, 2.75) is 6.54 Å². The molecule has 1 saturated heterocycles. The van der Waals surface area contributed by atoms with E-state index < -0.39 is 0 Å². The minimum Gasteiger partial charge on any atom is -0.497 e. The number of amides is 1. The summed E-state index contributed by atoms with van der Waals surface area (Å²) in [6.07, 6.45) is 1.69. The quantitative estimate of drug-likeness (QED) is 0.484. The highest BCUT2D eigenvalue weighted by atomic mass is 16.5. The lowest BCUT2D eigenvalue weighted by molar-refractivity contribution is 0.102. The highest BCUT2D eigenvalue weighted by Gasteiger charge is 2.22. The highest BCUT2D eigenvalue weighted by Crippen LogP contribution is 2.40. The largest absolute Gasteiger partial charge is 0.497 e. The first-order chi connectivity index (χ1) is 17.6. The normalized spacial score (nSPS) is 13.7. The lowest BCUT2D eigenvalue weighted by Crippen LogP contribution is -2.46. The zero-order valence-corrected chi connectivity index (χ0v) is 21.1. The number of carbonyl (C=O) groups excluding carboxylic acids is 1. The third-order valence-electron chi connectivity index (χ3n) is 6.21. The van der Waals surface area contributed by atoms with Crippen molar-refractivity contribution in [1.29, 1.82) is 0 Å². The third-order valence-corrected chi connectivity index (χ3v) is 6.21. The molecule has 1 N–H and O–H groups in total. The van der Waals surface area contributed by atoms with Crippen LogP contribution in [0, 0.1) is 0 Å². The van der Waals surface area contributed by atoms with Crippen LogP contribution in [0.15, 0.2) is 54.7 Å². The zero-order valence-electron chi connectivity index (χ0n) is 21.1. The number of hydrogen-bond acceptors (Lipinski definition) is 8. The number of piperazine rings is 1. The first-order valence-electron chi connectivity index (χ1n) is 11.7. The van der Waals surface area contributed by atoms with Gasteiger partial charge in [0.1, 0.15) is 11.6 Å². The van der Waals surface area contributed by atoms with Crippen LogP contribution in [0.5, 0.6) is 23.0 Å². The van der Waals surface area contributed by atoms with Gasteiger partial charge in [0.2, 0.25) is 5.75 Å². The second-order valence-electron chi connectivity index (χ2n) is 8.35. The number of carbonyl (C=O) groups is 1. The predicted molar refractivity (Wildman–Crippen MR) is 139 cm³/mol. The Morgan fingerprint density at radius 1 is 0.889 bits per heavy atom. The average molecular weight is 493 g/mol. The van der Waals surface area contributed by atoms with Gasteiger partial charge in [0, 0.05) is 43.9 Å². The van der Waals surface area contributed by atoms with E-state index in [1.54, 1.807) is 58.9 Å². The number of benzene rings is 2. The van der Waals surface area contributed by atoms with Crippen molar-refractivity contribution < 1.29 is 23.7 Å². The number of nitrogens with zero attached hydrogens (tertiary/aromatic N) is 3. The molecule has 0 aliphatic carbocycles. The van der Waals surface area contributed by atoms with Gasteiger partial charge in [0.15, 0.2) is 11.5 Å². The van der Waals surface area contributed by atoms with Crippen LogP contribution in [0.2, 0.25) is 0 Å². The lowest BCUT2D eigenvalue weighted by atomic mass is 10.1. The number of ether oxygens (including phenoxy) is 4. The number of anilines is 2. The Balaban J connectivity index is 1.34. The van der Waals surface area contributed by atoms with E-state index >= 15 is 0 Å². The van der Waals surface area contributed by atoms with Crippen LogP contribution in [-0.2, 0) is 6.54 Å². The van der Waals surface area contributed by atoms with Crippen LogP contribution in [0.25, 0.3) is 0 Å². The molecular formula is C27H32N4O5. The molecular weight excluding hydrogens is 460 g/mol. The van der Waals surface area contributed by atoms with Crippen molar-refractivity contribution >= 4 is 17.4 Å². The van der Waals surface area contributed by atoms with E-state index in [4.69, 9.17) is 18.9 Å². The van der Waals surface area contributed by atoms with Gasteiger partial charge < -0.3 is 29.2 Å². The fourth-order valence-corrected chi connectivity index (χ4v) is 4.28. The number of aromatic nitrogens is 1. The van der Waals surface area contributed by atoms with Crippen LogP contribution >= 0.6 is 0 Å². The van der Waals surface area contributed by atoms with Gasteiger partial charge in [-0.15, -0.1) is 0 Å². The van der Waals surface area contributed by atoms with Crippen LogP contribution < -0.4 is 29.2 Å². The van der Waals surface area contributed by atoms with Gasteiger partial charge in [-0.05, 0) is 36.4 Å². The number of pyridine rings is 1. The molecule has 1 amide bonds. The van der Waals surface area contributed by atoms with Crippen molar-refractivity contribution in [3.05, 3.63) is 65.9 Å². The third kappa shape index (κ3) is 5.63. The molecule has 2 aromatic carbocycles. The fraction of sp³-hybridized carbons (Fsp3) is 0.333. The SMILES string of the molecule is COc1cccc(C(=O)Nc2ccc(N3CCN(Cc4ccc(OC)c(OC)c4OC)CC3)nc2)c1. The van der Waals surface area contributed by atoms with E-state index in [2.05, 4.69) is 20.1 Å². The van der Waals surface area contributed by atoms with Gasteiger partial charge >= 0.3 is 0 Å². The molecule has 1 aliphatic rings. The maximum atomic E-state index is 12.5. The Kier molecular flexibility index (Phi) is 8.12. The predicted octanol–water partition coefficient (Wildman–Crippen LogP) is 3.69. The maximum Gasteiger partial charge on any atom is 0.255 e. The summed E-state index contributed by atoms with van der Waals surface area (Å²) in [6, 6.07) is 14.8. The monoisotopic (exact) mass is 492 g/mol. The number of nitrogens with one attached hydrogen (secondary N) is 1. The smallest absolute Gasteiger partial charge is 0.255 e. The lowest BCUT2D eigenvalue weighted by Gasteiger charge is -2.35. The van der Waals surface area contributed by atoms with Gasteiger partial charge in [-0.25, -0.2) is 4.98 Å². The zero-order chi connectivity index (χ0) is 25.5. The summed E-state index contributed by atoms with van der Waals surface area (Å²) in [4.78, 5) is 21.7. The van der Waals surface area contributed by atoms with E-state index in [0.717, 1.165) is 44.1 Å². The molecule has 4 rings (SSSR count). The Hall–Kier alpha value is -3.98. The highest BCUT2D eigenvalue weighted by molar-refractivity contribution is 6.04. The van der Waals surface area contributed by atoms with Gasteiger partial charge in [-0.2, -0.15) is 0 Å². The summed E-state index contributed by atoms with van der Waals surface area (Å²) in [5, 5.41) is 2.89. The first-order valence-corrected chi connectivity index (χ1v) is 11.7. The molecule has 3 aromatic rings. The summed E-state index contributed by atoms with van der Waals surface area (Å²) >= 11 is 0. The number of hydrogen-bond donors (Lipinski definition) is 1. The van der Waals surface area contributed by atoms with Crippen LogP contribution in [0.1, 0.15) is 15.9 Å². The Labute approximate surface area is 211 Å². The minimum atomic E-state index is -0.206. The molecule has 0 atom stereocenters. The van der Waals surface area contributed by atoms with Gasteiger partial charge in [-0.3, -0.25) is 9.69 Å². The Bertz CT molecular complexity index is 1180. The van der Waals surface area contributed by atoms with Gasteiger partial charge in [0.05, 0.1) is 40.3 Å². The molecule has 0 bridgehead atoms. The summed E-state index contributed by atoms with van der Waals surface area (Å²) in [5.74, 6) is 3.28. The molecule has 36 heavy (non-hydrogen) atoms. The van der Waals surface area contributed by atoms with E-state index in [1.807, 2.05) is 24.3 Å². The topological polar surface area (TPSA) is 85.4 Å². The molecule has 1 fully saturated rings. The van der Waals surface area contributed by atoms with E-state index in [0.29, 0.717) is 34.2 Å². The molecule has 0 unspecified atom stereocenters. The molecule has 9 nitrogen and oxygen atoms in total. The first kappa shape index (κ1) is 25.1.